The normalized spacial score (nSPS) is 31.8. The second-order valence-corrected chi connectivity index (χ2v) is 7.13. The molecule has 2 saturated carbocycles. The molecule has 3 aliphatic rings. The molecule has 130 valence electrons. The minimum absolute atomic E-state index is 0.325. The first-order chi connectivity index (χ1) is 10.5. The van der Waals surface area contributed by atoms with E-state index in [2.05, 4.69) is 57.2 Å². The summed E-state index contributed by atoms with van der Waals surface area (Å²) >= 11 is 2.15. The van der Waals surface area contributed by atoms with Gasteiger partial charge in [0.1, 0.15) is 0 Å². The van der Waals surface area contributed by atoms with Gasteiger partial charge in [-0.05, 0) is 47.5 Å². The smallest absolute Gasteiger partial charge is 0.155 e. The van der Waals surface area contributed by atoms with E-state index in [4.69, 9.17) is 0 Å². The number of carbonyl (C=O) groups excluding carboxylic acids is 1. The number of allylic oxidation sites excluding steroid dienone is 2. The number of rotatable bonds is 0. The zero-order valence-electron chi connectivity index (χ0n) is 15.7. The van der Waals surface area contributed by atoms with Crippen molar-refractivity contribution in [3.63, 3.8) is 0 Å². The van der Waals surface area contributed by atoms with Gasteiger partial charge in [0.2, 0.25) is 0 Å². The van der Waals surface area contributed by atoms with Crippen LogP contribution in [0.4, 0.5) is 0 Å². The number of hydrogen-bond acceptors (Lipinski definition) is 1. The van der Waals surface area contributed by atoms with Crippen molar-refractivity contribution in [2.75, 3.05) is 4.93 Å². The summed E-state index contributed by atoms with van der Waals surface area (Å²) in [5.74, 6) is 1.89. The molecule has 0 saturated heterocycles. The number of carbonyl (C=O) groups is 1. The average molecular weight is 420 g/mol. The molecule has 3 aliphatic carbocycles. The first kappa shape index (κ1) is 22.1. The fraction of sp³-hybridized carbons (Fsp3) is 0.850. The summed E-state index contributed by atoms with van der Waals surface area (Å²) in [5, 5.41) is 0. The van der Waals surface area contributed by atoms with Gasteiger partial charge >= 0.3 is 0 Å². The lowest BCUT2D eigenvalue weighted by atomic mass is 9.57. The molecule has 0 radical (unpaired) electrons. The summed E-state index contributed by atoms with van der Waals surface area (Å²) in [6, 6.07) is 0. The summed E-state index contributed by atoms with van der Waals surface area (Å²) in [5.41, 5.74) is 1.75. The molecule has 0 amide bonds. The maximum Gasteiger partial charge on any atom is 0.155 e. The Labute approximate surface area is 152 Å². The van der Waals surface area contributed by atoms with E-state index in [1.807, 2.05) is 11.0 Å². The highest BCUT2D eigenvalue weighted by atomic mass is 127. The van der Waals surface area contributed by atoms with E-state index >= 15 is 0 Å². The molecule has 0 aromatic heterocycles. The van der Waals surface area contributed by atoms with Crippen molar-refractivity contribution in [3.05, 3.63) is 11.6 Å². The Hall–Kier alpha value is 0.140. The predicted molar refractivity (Wildman–Crippen MR) is 108 cm³/mol. The summed E-state index contributed by atoms with van der Waals surface area (Å²) in [7, 11) is 0. The molecular weight excluding hydrogens is 383 g/mol. The molecule has 3 unspecified atom stereocenters. The third-order valence-electron chi connectivity index (χ3n) is 5.04. The van der Waals surface area contributed by atoms with Crippen molar-refractivity contribution < 1.29 is 4.79 Å². The molecular formula is C20H37IO. The van der Waals surface area contributed by atoms with E-state index in [0.29, 0.717) is 11.2 Å². The lowest BCUT2D eigenvalue weighted by molar-refractivity contribution is -0.116. The molecule has 0 heterocycles. The third-order valence-corrected chi connectivity index (χ3v) is 5.04. The lowest BCUT2D eigenvalue weighted by Gasteiger charge is -2.47. The fourth-order valence-electron chi connectivity index (χ4n) is 3.11. The van der Waals surface area contributed by atoms with Gasteiger partial charge in [0.05, 0.1) is 0 Å². The molecule has 0 N–H and O–H groups in total. The van der Waals surface area contributed by atoms with E-state index in [9.17, 15) is 4.79 Å². The fourth-order valence-corrected chi connectivity index (χ4v) is 3.11. The van der Waals surface area contributed by atoms with E-state index in [1.165, 1.54) is 37.7 Å². The summed E-state index contributed by atoms with van der Waals surface area (Å²) < 4.78 is 0. The number of alkyl halides is 1. The summed E-state index contributed by atoms with van der Waals surface area (Å²) in [4.78, 5) is 13.3. The number of halogens is 1. The van der Waals surface area contributed by atoms with Crippen LogP contribution in [0.5, 0.6) is 0 Å². The van der Waals surface area contributed by atoms with Crippen LogP contribution >= 0.6 is 22.6 Å². The van der Waals surface area contributed by atoms with Crippen molar-refractivity contribution in [2.24, 2.45) is 17.3 Å². The molecule has 0 aliphatic heterocycles. The molecule has 0 spiro atoms. The molecule has 2 heteroatoms. The average Bonchev–Trinajstić information content (AvgIpc) is 3.37. The van der Waals surface area contributed by atoms with Crippen LogP contribution in [0.25, 0.3) is 0 Å². The van der Waals surface area contributed by atoms with Crippen LogP contribution < -0.4 is 0 Å². The van der Waals surface area contributed by atoms with Crippen LogP contribution in [0.2, 0.25) is 0 Å². The zero-order chi connectivity index (χ0) is 17.2. The van der Waals surface area contributed by atoms with Crippen LogP contribution in [0, 0.1) is 17.3 Å². The van der Waals surface area contributed by atoms with Crippen LogP contribution in [-0.2, 0) is 4.79 Å². The van der Waals surface area contributed by atoms with Gasteiger partial charge in [-0.25, -0.2) is 0 Å². The summed E-state index contributed by atoms with van der Waals surface area (Å²) in [6.07, 6.45) is 11.9. The quantitative estimate of drug-likeness (QED) is 0.305. The molecule has 3 atom stereocenters. The van der Waals surface area contributed by atoms with Gasteiger partial charge in [0, 0.05) is 6.42 Å². The van der Waals surface area contributed by atoms with E-state index in [-0.39, 0.29) is 0 Å². The Balaban J connectivity index is 0.000000460. The van der Waals surface area contributed by atoms with Crippen molar-refractivity contribution in [2.45, 2.75) is 86.0 Å². The molecule has 22 heavy (non-hydrogen) atoms. The Kier molecular flexibility index (Phi) is 11.7. The molecule has 3 rings (SSSR count). The van der Waals surface area contributed by atoms with Crippen molar-refractivity contribution in [1.29, 1.82) is 0 Å². The Morgan fingerprint density at radius 2 is 1.64 bits per heavy atom. The van der Waals surface area contributed by atoms with E-state index in [0.717, 1.165) is 31.1 Å². The van der Waals surface area contributed by atoms with Crippen molar-refractivity contribution in [3.8, 4) is 0 Å². The van der Waals surface area contributed by atoms with Gasteiger partial charge in [-0.3, -0.25) is 4.79 Å². The Morgan fingerprint density at radius 3 is 2.09 bits per heavy atom. The molecule has 1 nitrogen and oxygen atoms in total. The van der Waals surface area contributed by atoms with E-state index < -0.39 is 0 Å². The SMILES string of the molecule is C1CC1.CC1CCC2=CC(=O)CCC2(C)C1C.CCC.CI. The minimum Gasteiger partial charge on any atom is -0.295 e. The highest BCUT2D eigenvalue weighted by Gasteiger charge is 2.42. The topological polar surface area (TPSA) is 17.1 Å². The Morgan fingerprint density at radius 1 is 1.14 bits per heavy atom. The molecule has 0 aromatic carbocycles. The molecule has 2 fully saturated rings. The molecule has 0 aromatic rings. The van der Waals surface area contributed by atoms with Gasteiger partial charge < -0.3 is 0 Å². The van der Waals surface area contributed by atoms with Gasteiger partial charge in [0.15, 0.2) is 5.78 Å². The van der Waals surface area contributed by atoms with Crippen LogP contribution in [0.1, 0.15) is 86.0 Å². The maximum absolute atomic E-state index is 11.4. The lowest BCUT2D eigenvalue weighted by Crippen LogP contribution is -2.38. The van der Waals surface area contributed by atoms with Gasteiger partial charge in [-0.2, -0.15) is 0 Å². The first-order valence-electron chi connectivity index (χ1n) is 9.07. The van der Waals surface area contributed by atoms with Crippen LogP contribution in [0.15, 0.2) is 11.6 Å². The first-order valence-corrected chi connectivity index (χ1v) is 11.2. The second kappa shape index (κ2) is 11.6. The number of fused-ring (bicyclic) bond motifs is 1. The predicted octanol–water partition coefficient (Wildman–Crippen LogP) is 6.99. The maximum atomic E-state index is 11.4. The zero-order valence-corrected chi connectivity index (χ0v) is 17.8. The van der Waals surface area contributed by atoms with E-state index in [1.54, 1.807) is 0 Å². The largest absolute Gasteiger partial charge is 0.295 e. The Bertz CT molecular complexity index is 343. The minimum atomic E-state index is 0.325. The number of hydrogen-bond donors (Lipinski definition) is 0. The van der Waals surface area contributed by atoms with Crippen molar-refractivity contribution in [1.82, 2.24) is 0 Å². The van der Waals surface area contributed by atoms with Crippen molar-refractivity contribution >= 4 is 28.4 Å². The van der Waals surface area contributed by atoms with Crippen LogP contribution in [-0.4, -0.2) is 10.7 Å². The van der Waals surface area contributed by atoms with Gasteiger partial charge in [-0.1, -0.05) is 88.5 Å². The third kappa shape index (κ3) is 7.14. The highest BCUT2D eigenvalue weighted by molar-refractivity contribution is 14.1. The molecule has 0 bridgehead atoms. The standard InChI is InChI=1S/C13H20O.C3H6.C3H8.CH3I/c1-9-4-5-11-8-12(14)6-7-13(11,3)10(9)2;1-2-3-1;1-3-2;1-2/h8-10H,4-7H2,1-3H3;1-3H2;3H2,1-2H3;1H3. The highest BCUT2D eigenvalue weighted by Crippen LogP contribution is 2.51. The van der Waals surface area contributed by atoms with Gasteiger partial charge in [-0.15, -0.1) is 0 Å². The van der Waals surface area contributed by atoms with Gasteiger partial charge in [0.25, 0.3) is 0 Å². The summed E-state index contributed by atoms with van der Waals surface area (Å²) in [6.45, 7) is 11.3. The van der Waals surface area contributed by atoms with Crippen LogP contribution in [0.3, 0.4) is 0 Å². The second-order valence-electron chi connectivity index (χ2n) is 7.13. The monoisotopic (exact) mass is 420 g/mol. The number of ketones is 1.